The van der Waals surface area contributed by atoms with Gasteiger partial charge in [0.15, 0.2) is 0 Å². The Kier molecular flexibility index (Phi) is 6.49. The summed E-state index contributed by atoms with van der Waals surface area (Å²) in [6.45, 7) is 3.47. The lowest BCUT2D eigenvalue weighted by Crippen LogP contribution is -2.38. The van der Waals surface area contributed by atoms with Gasteiger partial charge in [-0.05, 0) is 44.0 Å². The summed E-state index contributed by atoms with van der Waals surface area (Å²) < 4.78 is 5.71. The molecule has 4 rings (SSSR count). The van der Waals surface area contributed by atoms with Crippen molar-refractivity contribution in [3.05, 3.63) is 60.0 Å². The fourth-order valence-corrected chi connectivity index (χ4v) is 3.86. The zero-order chi connectivity index (χ0) is 22.5. The van der Waals surface area contributed by atoms with E-state index in [0.717, 1.165) is 48.4 Å². The molecule has 0 atom stereocenters. The number of carbonyl (C=O) groups is 2. The van der Waals surface area contributed by atoms with Crippen molar-refractivity contribution in [2.24, 2.45) is 11.7 Å². The summed E-state index contributed by atoms with van der Waals surface area (Å²) in [5.74, 6) is 0.437. The highest BCUT2D eigenvalue weighted by Crippen LogP contribution is 2.30. The molecule has 1 fully saturated rings. The zero-order valence-corrected chi connectivity index (χ0v) is 18.1. The molecule has 3 N–H and O–H groups in total. The van der Waals surface area contributed by atoms with Crippen LogP contribution in [0.1, 0.15) is 30.7 Å². The van der Waals surface area contributed by atoms with Crippen LogP contribution in [0.4, 0.5) is 11.4 Å². The van der Waals surface area contributed by atoms with E-state index >= 15 is 0 Å². The van der Waals surface area contributed by atoms with Crippen molar-refractivity contribution in [1.29, 1.82) is 0 Å². The number of aromatic nitrogens is 2. The first-order chi connectivity index (χ1) is 15.5. The number of piperidine rings is 1. The van der Waals surface area contributed by atoms with Crippen molar-refractivity contribution >= 4 is 23.2 Å². The van der Waals surface area contributed by atoms with Crippen LogP contribution < -0.4 is 16.0 Å². The minimum atomic E-state index is -0.238. The van der Waals surface area contributed by atoms with Crippen molar-refractivity contribution in [2.45, 2.75) is 32.6 Å². The topological polar surface area (TPSA) is 114 Å². The van der Waals surface area contributed by atoms with Gasteiger partial charge in [0.25, 0.3) is 0 Å². The van der Waals surface area contributed by atoms with Crippen molar-refractivity contribution in [2.75, 3.05) is 23.3 Å². The van der Waals surface area contributed by atoms with E-state index in [1.165, 1.54) is 0 Å². The van der Waals surface area contributed by atoms with Gasteiger partial charge in [-0.3, -0.25) is 9.59 Å². The quantitative estimate of drug-likeness (QED) is 0.591. The van der Waals surface area contributed by atoms with Crippen LogP contribution in [0.3, 0.4) is 0 Å². The Morgan fingerprint density at radius 2 is 1.81 bits per heavy atom. The maximum Gasteiger partial charge on any atom is 0.247 e. The van der Waals surface area contributed by atoms with Crippen LogP contribution in [0.15, 0.2) is 52.9 Å². The number of carbonyl (C=O) groups excluding carboxylic acids is 2. The minimum Gasteiger partial charge on any atom is -0.421 e. The summed E-state index contributed by atoms with van der Waals surface area (Å²) in [4.78, 5) is 26.2. The molecule has 0 aliphatic carbocycles. The minimum absolute atomic E-state index is 0.0767. The monoisotopic (exact) mass is 433 g/mol. The number of amides is 2. The van der Waals surface area contributed by atoms with E-state index < -0.39 is 0 Å². The molecule has 1 aromatic heterocycles. The van der Waals surface area contributed by atoms with Crippen LogP contribution >= 0.6 is 0 Å². The number of hydrogen-bond acceptors (Lipinski definition) is 6. The van der Waals surface area contributed by atoms with E-state index in [0.29, 0.717) is 18.2 Å². The molecule has 2 aromatic carbocycles. The fourth-order valence-electron chi connectivity index (χ4n) is 3.86. The van der Waals surface area contributed by atoms with Crippen molar-refractivity contribution < 1.29 is 14.0 Å². The lowest BCUT2D eigenvalue weighted by molar-refractivity contribution is -0.122. The molecule has 0 radical (unpaired) electrons. The van der Waals surface area contributed by atoms with Gasteiger partial charge in [0, 0.05) is 37.4 Å². The molecule has 1 saturated heterocycles. The van der Waals surface area contributed by atoms with Crippen molar-refractivity contribution in [1.82, 2.24) is 10.2 Å². The molecule has 1 aliphatic rings. The molecule has 0 bridgehead atoms. The first kappa shape index (κ1) is 21.5. The highest BCUT2D eigenvalue weighted by molar-refractivity contribution is 5.94. The predicted octanol–water partition coefficient (Wildman–Crippen LogP) is 3.32. The third-order valence-corrected chi connectivity index (χ3v) is 5.75. The van der Waals surface area contributed by atoms with Crippen LogP contribution in [-0.2, 0) is 16.0 Å². The van der Waals surface area contributed by atoms with Gasteiger partial charge < -0.3 is 20.4 Å². The lowest BCUT2D eigenvalue weighted by Gasteiger charge is -2.33. The maximum absolute atomic E-state index is 12.6. The highest BCUT2D eigenvalue weighted by atomic mass is 16.4. The van der Waals surface area contributed by atoms with E-state index in [4.69, 9.17) is 10.2 Å². The number of anilines is 2. The normalized spacial score (nSPS) is 14.3. The molecule has 3 aromatic rings. The molecule has 8 heteroatoms. The van der Waals surface area contributed by atoms with Crippen molar-refractivity contribution in [3.63, 3.8) is 0 Å². The summed E-state index contributed by atoms with van der Waals surface area (Å²) in [7, 11) is 0. The molecule has 0 unspecified atom stereocenters. The SMILES string of the molecule is Cc1ccc(-c2nnc(CCC(=O)Nc3ccccc3N3CCC(C(N)=O)CC3)o2)cc1. The Balaban J connectivity index is 1.34. The Bertz CT molecular complexity index is 1090. The maximum atomic E-state index is 12.6. The predicted molar refractivity (Wildman–Crippen MR) is 122 cm³/mol. The molecule has 1 aliphatic heterocycles. The summed E-state index contributed by atoms with van der Waals surface area (Å²) >= 11 is 0. The molecular formula is C24H27N5O3. The third-order valence-electron chi connectivity index (χ3n) is 5.75. The standard InChI is InChI=1S/C24H27N5O3/c1-16-6-8-18(9-7-16)24-28-27-22(32-24)11-10-21(30)26-19-4-2-3-5-20(19)29-14-12-17(13-15-29)23(25)31/h2-9,17H,10-15H2,1H3,(H2,25,31)(H,26,30). The second-order valence-corrected chi connectivity index (χ2v) is 8.10. The van der Waals surface area contributed by atoms with Crippen molar-refractivity contribution in [3.8, 4) is 11.5 Å². The number of para-hydroxylation sites is 2. The van der Waals surface area contributed by atoms with E-state index in [1.54, 1.807) is 0 Å². The summed E-state index contributed by atoms with van der Waals surface area (Å²) in [6.07, 6.45) is 2.03. The Hall–Kier alpha value is -3.68. The number of hydrogen-bond donors (Lipinski definition) is 2. The fraction of sp³-hybridized carbons (Fsp3) is 0.333. The number of nitrogens with zero attached hydrogens (tertiary/aromatic N) is 3. The van der Waals surface area contributed by atoms with Crippen LogP contribution in [0.25, 0.3) is 11.5 Å². The number of nitrogens with one attached hydrogen (secondary N) is 1. The smallest absolute Gasteiger partial charge is 0.247 e. The van der Waals surface area contributed by atoms with Crippen LogP contribution in [0.5, 0.6) is 0 Å². The second-order valence-electron chi connectivity index (χ2n) is 8.10. The van der Waals surface area contributed by atoms with Gasteiger partial charge in [-0.15, -0.1) is 10.2 Å². The van der Waals surface area contributed by atoms with Crippen LogP contribution in [0.2, 0.25) is 0 Å². The van der Waals surface area contributed by atoms with Gasteiger partial charge in [-0.2, -0.15) is 0 Å². The average molecular weight is 434 g/mol. The second kappa shape index (κ2) is 9.64. The third kappa shape index (κ3) is 5.14. The van der Waals surface area contributed by atoms with E-state index in [9.17, 15) is 9.59 Å². The number of primary amides is 1. The molecule has 2 heterocycles. The molecule has 0 spiro atoms. The van der Waals surface area contributed by atoms with Gasteiger partial charge in [0.1, 0.15) is 0 Å². The molecule has 0 saturated carbocycles. The first-order valence-corrected chi connectivity index (χ1v) is 10.8. The summed E-state index contributed by atoms with van der Waals surface area (Å²) in [5.41, 5.74) is 9.15. The zero-order valence-electron chi connectivity index (χ0n) is 18.1. The van der Waals surface area contributed by atoms with Crippen LogP contribution in [-0.4, -0.2) is 35.1 Å². The number of rotatable bonds is 7. The van der Waals surface area contributed by atoms with E-state index in [-0.39, 0.29) is 24.2 Å². The Labute approximate surface area is 186 Å². The van der Waals surface area contributed by atoms with E-state index in [2.05, 4.69) is 20.4 Å². The average Bonchev–Trinajstić information content (AvgIpc) is 3.28. The first-order valence-electron chi connectivity index (χ1n) is 10.8. The van der Waals surface area contributed by atoms with Gasteiger partial charge in [0.05, 0.1) is 11.4 Å². The molecule has 166 valence electrons. The van der Waals surface area contributed by atoms with Gasteiger partial charge in [-0.25, -0.2) is 0 Å². The number of aryl methyl sites for hydroxylation is 2. The molecular weight excluding hydrogens is 406 g/mol. The molecule has 32 heavy (non-hydrogen) atoms. The largest absolute Gasteiger partial charge is 0.421 e. The molecule has 8 nitrogen and oxygen atoms in total. The van der Waals surface area contributed by atoms with E-state index in [1.807, 2.05) is 55.5 Å². The lowest BCUT2D eigenvalue weighted by atomic mass is 9.96. The number of nitrogens with two attached hydrogens (primary N) is 1. The summed E-state index contributed by atoms with van der Waals surface area (Å²) in [6, 6.07) is 15.5. The van der Waals surface area contributed by atoms with Gasteiger partial charge in [0.2, 0.25) is 23.6 Å². The highest BCUT2D eigenvalue weighted by Gasteiger charge is 2.24. The Morgan fingerprint density at radius 1 is 1.09 bits per heavy atom. The van der Waals surface area contributed by atoms with Gasteiger partial charge in [-0.1, -0.05) is 29.8 Å². The molecule has 2 amide bonds. The number of benzene rings is 2. The Morgan fingerprint density at radius 3 is 2.53 bits per heavy atom. The van der Waals surface area contributed by atoms with Crippen LogP contribution in [0, 0.1) is 12.8 Å². The summed E-state index contributed by atoms with van der Waals surface area (Å²) in [5, 5.41) is 11.1. The van der Waals surface area contributed by atoms with Gasteiger partial charge >= 0.3 is 0 Å².